The van der Waals surface area contributed by atoms with Crippen LogP contribution in [0.4, 0.5) is 0 Å². The molecule has 0 bridgehead atoms. The van der Waals surface area contributed by atoms with Gasteiger partial charge < -0.3 is 13.9 Å². The quantitative estimate of drug-likeness (QED) is 0.284. The molecule has 1 aromatic heterocycles. The Balaban J connectivity index is 1.88. The maximum absolute atomic E-state index is 12.4. The molecule has 0 aliphatic heterocycles. The number of carbonyl (C=O) groups is 2. The highest BCUT2D eigenvalue weighted by Gasteiger charge is 2.18. The average molecular weight is 366 g/mol. The molecule has 1 heterocycles. The Labute approximate surface area is 155 Å². The summed E-state index contributed by atoms with van der Waals surface area (Å²) < 4.78 is 15.9. The van der Waals surface area contributed by atoms with Crippen LogP contribution in [0.2, 0.25) is 0 Å². The van der Waals surface area contributed by atoms with E-state index in [1.165, 1.54) is 18.2 Å². The Morgan fingerprint density at radius 3 is 2.44 bits per heavy atom. The second kappa shape index (κ2) is 7.86. The molecule has 0 amide bonds. The van der Waals surface area contributed by atoms with E-state index in [1.807, 2.05) is 6.92 Å². The average Bonchev–Trinajstić information content (AvgIpc) is 2.68. The number of esters is 1. The van der Waals surface area contributed by atoms with Crippen molar-refractivity contribution in [3.8, 4) is 11.5 Å². The van der Waals surface area contributed by atoms with Gasteiger partial charge in [-0.05, 0) is 43.3 Å². The molecule has 0 saturated carbocycles. The first-order valence-corrected chi connectivity index (χ1v) is 8.58. The van der Waals surface area contributed by atoms with Crippen LogP contribution in [-0.4, -0.2) is 18.4 Å². The Morgan fingerprint density at radius 2 is 1.78 bits per heavy atom. The molecule has 0 N–H and O–H groups in total. The van der Waals surface area contributed by atoms with E-state index in [1.54, 1.807) is 37.3 Å². The van der Waals surface area contributed by atoms with Gasteiger partial charge in [0, 0.05) is 17.4 Å². The Kier molecular flexibility index (Phi) is 5.35. The SMILES string of the molecule is CCOc1cccc2cc(C(=O)Oc3ccc(C(=O)CC)cc3)c(=O)oc12. The zero-order chi connectivity index (χ0) is 19.4. The molecule has 138 valence electrons. The van der Waals surface area contributed by atoms with Crippen LogP contribution in [0.5, 0.6) is 11.5 Å². The number of rotatable bonds is 6. The smallest absolute Gasteiger partial charge is 0.351 e. The predicted molar refractivity (Wildman–Crippen MR) is 99.7 cm³/mol. The highest BCUT2D eigenvalue weighted by Crippen LogP contribution is 2.25. The first kappa shape index (κ1) is 18.4. The molecule has 0 unspecified atom stereocenters. The van der Waals surface area contributed by atoms with E-state index in [9.17, 15) is 14.4 Å². The standard InChI is InChI=1S/C21H18O6/c1-3-17(22)13-8-10-15(11-9-13)26-20(23)16-12-14-6-5-7-18(25-4-2)19(14)27-21(16)24/h5-12H,3-4H2,1-2H3. The van der Waals surface area contributed by atoms with E-state index in [0.717, 1.165) is 0 Å². The molecule has 3 aromatic rings. The summed E-state index contributed by atoms with van der Waals surface area (Å²) in [5, 5.41) is 0.552. The minimum Gasteiger partial charge on any atom is -0.490 e. The number of para-hydroxylation sites is 1. The summed E-state index contributed by atoms with van der Waals surface area (Å²) in [6, 6.07) is 12.7. The molecular formula is C21H18O6. The molecule has 0 spiro atoms. The minimum absolute atomic E-state index is 0.00634. The van der Waals surface area contributed by atoms with Crippen molar-refractivity contribution in [2.24, 2.45) is 0 Å². The maximum atomic E-state index is 12.4. The number of carbonyl (C=O) groups excluding carboxylic acids is 2. The molecule has 0 aliphatic rings. The molecule has 6 heteroatoms. The largest absolute Gasteiger partial charge is 0.490 e. The van der Waals surface area contributed by atoms with E-state index in [-0.39, 0.29) is 22.7 Å². The van der Waals surface area contributed by atoms with Crippen molar-refractivity contribution < 1.29 is 23.5 Å². The van der Waals surface area contributed by atoms with Crippen molar-refractivity contribution >= 4 is 22.7 Å². The minimum atomic E-state index is -0.831. The third-order valence-corrected chi connectivity index (χ3v) is 3.95. The van der Waals surface area contributed by atoms with Gasteiger partial charge >= 0.3 is 11.6 Å². The zero-order valence-corrected chi connectivity index (χ0v) is 15.0. The fourth-order valence-electron chi connectivity index (χ4n) is 2.60. The van der Waals surface area contributed by atoms with Gasteiger partial charge in [0.1, 0.15) is 11.3 Å². The van der Waals surface area contributed by atoms with Crippen molar-refractivity contribution in [1.29, 1.82) is 0 Å². The van der Waals surface area contributed by atoms with Crippen LogP contribution < -0.4 is 15.1 Å². The monoisotopic (exact) mass is 366 g/mol. The van der Waals surface area contributed by atoms with Crippen molar-refractivity contribution in [2.75, 3.05) is 6.61 Å². The van der Waals surface area contributed by atoms with Crippen molar-refractivity contribution in [3.63, 3.8) is 0 Å². The fourth-order valence-corrected chi connectivity index (χ4v) is 2.60. The van der Waals surface area contributed by atoms with Gasteiger partial charge in [-0.2, -0.15) is 0 Å². The lowest BCUT2D eigenvalue weighted by molar-refractivity contribution is 0.0730. The van der Waals surface area contributed by atoms with Gasteiger partial charge in [-0.3, -0.25) is 4.79 Å². The lowest BCUT2D eigenvalue weighted by Crippen LogP contribution is -2.18. The summed E-state index contributed by atoms with van der Waals surface area (Å²) >= 11 is 0. The van der Waals surface area contributed by atoms with Crippen LogP contribution in [0.25, 0.3) is 11.0 Å². The number of benzene rings is 2. The second-order valence-electron chi connectivity index (χ2n) is 5.75. The molecule has 6 nitrogen and oxygen atoms in total. The molecule has 0 fully saturated rings. The van der Waals surface area contributed by atoms with Crippen molar-refractivity contribution in [3.05, 3.63) is 70.1 Å². The number of ether oxygens (including phenoxy) is 2. The predicted octanol–water partition coefficient (Wildman–Crippen LogP) is 4.00. The van der Waals surface area contributed by atoms with E-state index in [2.05, 4.69) is 0 Å². The molecule has 3 rings (SSSR count). The molecule has 0 aliphatic carbocycles. The van der Waals surface area contributed by atoms with Crippen LogP contribution in [0.1, 0.15) is 41.0 Å². The number of hydrogen-bond acceptors (Lipinski definition) is 6. The van der Waals surface area contributed by atoms with Crippen LogP contribution in [-0.2, 0) is 0 Å². The summed E-state index contributed by atoms with van der Waals surface area (Å²) in [4.78, 5) is 36.3. The third kappa shape index (κ3) is 3.89. The topological polar surface area (TPSA) is 82.8 Å². The highest BCUT2D eigenvalue weighted by atomic mass is 16.5. The van der Waals surface area contributed by atoms with Gasteiger partial charge in [0.05, 0.1) is 6.61 Å². The molecule has 0 atom stereocenters. The van der Waals surface area contributed by atoms with Gasteiger partial charge in [0.2, 0.25) is 0 Å². The number of ketones is 1. The third-order valence-electron chi connectivity index (χ3n) is 3.95. The Bertz CT molecular complexity index is 1050. The Morgan fingerprint density at radius 1 is 1.04 bits per heavy atom. The zero-order valence-electron chi connectivity index (χ0n) is 15.0. The van der Waals surface area contributed by atoms with Crippen molar-refractivity contribution in [2.45, 2.75) is 20.3 Å². The number of hydrogen-bond donors (Lipinski definition) is 0. The van der Waals surface area contributed by atoms with E-state index in [0.29, 0.717) is 29.7 Å². The van der Waals surface area contributed by atoms with Crippen LogP contribution in [0.3, 0.4) is 0 Å². The summed E-state index contributed by atoms with van der Waals surface area (Å²) in [5.74, 6) is -0.173. The summed E-state index contributed by atoms with van der Waals surface area (Å²) in [6.45, 7) is 4.01. The van der Waals surface area contributed by atoms with E-state index < -0.39 is 11.6 Å². The fraction of sp³-hybridized carbons (Fsp3) is 0.190. The van der Waals surface area contributed by atoms with Gasteiger partial charge in [-0.15, -0.1) is 0 Å². The second-order valence-corrected chi connectivity index (χ2v) is 5.75. The van der Waals surface area contributed by atoms with E-state index in [4.69, 9.17) is 13.9 Å². The molecule has 27 heavy (non-hydrogen) atoms. The van der Waals surface area contributed by atoms with Crippen molar-refractivity contribution in [1.82, 2.24) is 0 Å². The van der Waals surface area contributed by atoms with Gasteiger partial charge in [-0.25, -0.2) is 9.59 Å². The molecule has 0 radical (unpaired) electrons. The first-order valence-electron chi connectivity index (χ1n) is 8.58. The molecular weight excluding hydrogens is 348 g/mol. The summed E-state index contributed by atoms with van der Waals surface area (Å²) in [5.41, 5.74) is -0.211. The summed E-state index contributed by atoms with van der Waals surface area (Å²) in [7, 11) is 0. The van der Waals surface area contributed by atoms with E-state index >= 15 is 0 Å². The van der Waals surface area contributed by atoms with Crippen LogP contribution in [0.15, 0.2) is 57.7 Å². The maximum Gasteiger partial charge on any atom is 0.351 e. The lowest BCUT2D eigenvalue weighted by atomic mass is 10.1. The normalized spacial score (nSPS) is 10.6. The molecule has 2 aromatic carbocycles. The first-order chi connectivity index (χ1) is 13.0. The summed E-state index contributed by atoms with van der Waals surface area (Å²) in [6.07, 6.45) is 0.390. The van der Waals surface area contributed by atoms with Crippen LogP contribution >= 0.6 is 0 Å². The molecule has 0 saturated heterocycles. The van der Waals surface area contributed by atoms with Crippen LogP contribution in [0, 0.1) is 0 Å². The lowest BCUT2D eigenvalue weighted by Gasteiger charge is -2.08. The van der Waals surface area contributed by atoms with Gasteiger partial charge in [0.15, 0.2) is 17.1 Å². The highest BCUT2D eigenvalue weighted by molar-refractivity contribution is 5.97. The van der Waals surface area contributed by atoms with Gasteiger partial charge in [-0.1, -0.05) is 19.1 Å². The van der Waals surface area contributed by atoms with Gasteiger partial charge in [0.25, 0.3) is 0 Å². The Hall–Kier alpha value is -3.41. The number of fused-ring (bicyclic) bond motifs is 1. The number of Topliss-reactive ketones (excluding diaryl/α,β-unsaturated/α-hetero) is 1.